The monoisotopic (exact) mass is 264 g/mol. The van der Waals surface area contributed by atoms with E-state index in [0.29, 0.717) is 6.54 Å². The molecule has 0 radical (unpaired) electrons. The first-order chi connectivity index (χ1) is 9.29. The van der Waals surface area contributed by atoms with E-state index in [-0.39, 0.29) is 5.91 Å². The van der Waals surface area contributed by atoms with Crippen molar-refractivity contribution in [2.45, 2.75) is 6.92 Å². The van der Waals surface area contributed by atoms with E-state index in [0.717, 1.165) is 58.9 Å². The summed E-state index contributed by atoms with van der Waals surface area (Å²) in [5.41, 5.74) is 0. The third kappa shape index (κ3) is 4.50. The van der Waals surface area contributed by atoms with Gasteiger partial charge in [-0.05, 0) is 12.5 Å². The lowest BCUT2D eigenvalue weighted by Crippen LogP contribution is -2.48. The van der Waals surface area contributed by atoms with Crippen LogP contribution in [0.3, 0.4) is 0 Å². The molecule has 5 heteroatoms. The second-order valence-electron chi connectivity index (χ2n) is 5.05. The Balaban J connectivity index is 1.72. The number of nitrogens with zero attached hydrogens (tertiary/aromatic N) is 3. The normalized spacial score (nSPS) is 21.8. The maximum atomic E-state index is 11.9. The van der Waals surface area contributed by atoms with Crippen LogP contribution in [-0.2, 0) is 4.79 Å². The van der Waals surface area contributed by atoms with E-state index < -0.39 is 0 Å². The summed E-state index contributed by atoms with van der Waals surface area (Å²) in [5, 5.41) is 3.31. The lowest BCUT2D eigenvalue weighted by Gasteiger charge is -2.32. The zero-order valence-electron chi connectivity index (χ0n) is 11.8. The van der Waals surface area contributed by atoms with E-state index in [2.05, 4.69) is 33.9 Å². The van der Waals surface area contributed by atoms with Crippen LogP contribution in [0.5, 0.6) is 0 Å². The van der Waals surface area contributed by atoms with Crippen molar-refractivity contribution < 1.29 is 4.79 Å². The van der Waals surface area contributed by atoms with E-state index >= 15 is 0 Å². The second kappa shape index (κ2) is 7.49. The molecule has 2 aliphatic heterocycles. The van der Waals surface area contributed by atoms with Gasteiger partial charge in [-0.15, -0.1) is 0 Å². The van der Waals surface area contributed by atoms with Crippen molar-refractivity contribution in [1.82, 2.24) is 20.0 Å². The Morgan fingerprint density at radius 2 is 1.74 bits per heavy atom. The van der Waals surface area contributed by atoms with Gasteiger partial charge in [-0.1, -0.05) is 12.8 Å². The fraction of sp³-hybridized carbons (Fsp3) is 0.786. The lowest BCUT2D eigenvalue weighted by atomic mass is 10.3. The molecule has 1 N–H and O–H groups in total. The highest BCUT2D eigenvalue weighted by atomic mass is 16.2. The van der Waals surface area contributed by atoms with E-state index in [1.807, 2.05) is 4.90 Å². The minimum absolute atomic E-state index is 0.00844. The molecule has 0 aromatic rings. The molecule has 2 rings (SSSR count). The number of likely N-dealkylation sites (N-methyl/N-ethyl adjacent to an activating group) is 1. The third-order valence-corrected chi connectivity index (χ3v) is 3.81. The van der Waals surface area contributed by atoms with Gasteiger partial charge in [0.05, 0.1) is 6.54 Å². The number of nitrogens with one attached hydrogen (secondary N) is 1. The van der Waals surface area contributed by atoms with Gasteiger partial charge in [-0.2, -0.15) is 0 Å². The van der Waals surface area contributed by atoms with Gasteiger partial charge < -0.3 is 15.1 Å². The van der Waals surface area contributed by atoms with Crippen LogP contribution in [0.15, 0.2) is 0 Å². The molecule has 0 unspecified atom stereocenters. The molecule has 2 aliphatic rings. The van der Waals surface area contributed by atoms with Gasteiger partial charge >= 0.3 is 0 Å². The summed E-state index contributed by atoms with van der Waals surface area (Å²) in [6, 6.07) is 0. The van der Waals surface area contributed by atoms with Crippen molar-refractivity contribution >= 4 is 5.91 Å². The van der Waals surface area contributed by atoms with Crippen molar-refractivity contribution in [2.24, 2.45) is 0 Å². The third-order valence-electron chi connectivity index (χ3n) is 3.81. The van der Waals surface area contributed by atoms with Gasteiger partial charge in [-0.3, -0.25) is 9.69 Å². The highest BCUT2D eigenvalue weighted by Gasteiger charge is 2.18. The van der Waals surface area contributed by atoms with Crippen molar-refractivity contribution in [3.05, 3.63) is 0 Å². The molecular formula is C14H24N4O. The molecule has 0 aromatic heterocycles. The molecule has 0 atom stereocenters. The van der Waals surface area contributed by atoms with Crippen LogP contribution >= 0.6 is 0 Å². The molecular weight excluding hydrogens is 240 g/mol. The molecule has 1 amide bonds. The Morgan fingerprint density at radius 1 is 1.05 bits per heavy atom. The molecule has 19 heavy (non-hydrogen) atoms. The van der Waals surface area contributed by atoms with Crippen molar-refractivity contribution in [3.63, 3.8) is 0 Å². The predicted octanol–water partition coefficient (Wildman–Crippen LogP) is -0.941. The Bertz CT molecular complexity index is 346. The van der Waals surface area contributed by atoms with Gasteiger partial charge in [0.1, 0.15) is 0 Å². The second-order valence-corrected chi connectivity index (χ2v) is 5.05. The van der Waals surface area contributed by atoms with E-state index in [4.69, 9.17) is 0 Å². The molecule has 106 valence electrons. The molecule has 2 saturated heterocycles. The van der Waals surface area contributed by atoms with Gasteiger partial charge in [0, 0.05) is 52.4 Å². The summed E-state index contributed by atoms with van der Waals surface area (Å²) >= 11 is 0. The zero-order chi connectivity index (χ0) is 13.5. The molecule has 0 saturated carbocycles. The van der Waals surface area contributed by atoms with Crippen LogP contribution < -0.4 is 5.32 Å². The van der Waals surface area contributed by atoms with Crippen LogP contribution in [-0.4, -0.2) is 86.1 Å². The van der Waals surface area contributed by atoms with E-state index in [1.165, 1.54) is 0 Å². The number of hydrogen-bond donors (Lipinski definition) is 1. The van der Waals surface area contributed by atoms with Crippen LogP contribution in [0.25, 0.3) is 0 Å². The van der Waals surface area contributed by atoms with Crippen LogP contribution in [0.2, 0.25) is 0 Å². The number of amides is 1. The molecule has 0 spiro atoms. The molecule has 0 aliphatic carbocycles. The van der Waals surface area contributed by atoms with Gasteiger partial charge in [-0.25, -0.2) is 0 Å². The smallest absolute Gasteiger partial charge is 0.298 e. The first-order valence-electron chi connectivity index (χ1n) is 7.23. The van der Waals surface area contributed by atoms with E-state index in [1.54, 1.807) is 0 Å². The average molecular weight is 264 g/mol. The van der Waals surface area contributed by atoms with Crippen LogP contribution in [0.4, 0.5) is 0 Å². The quantitative estimate of drug-likeness (QED) is 0.653. The predicted molar refractivity (Wildman–Crippen MR) is 75.8 cm³/mol. The maximum absolute atomic E-state index is 11.9. The Morgan fingerprint density at radius 3 is 2.37 bits per heavy atom. The first kappa shape index (κ1) is 14.3. The fourth-order valence-electron chi connectivity index (χ4n) is 2.44. The lowest BCUT2D eigenvalue weighted by molar-refractivity contribution is -0.126. The fourth-order valence-corrected chi connectivity index (χ4v) is 2.44. The van der Waals surface area contributed by atoms with E-state index in [9.17, 15) is 4.79 Å². The molecule has 5 nitrogen and oxygen atoms in total. The van der Waals surface area contributed by atoms with Crippen molar-refractivity contribution in [1.29, 1.82) is 0 Å². The molecule has 2 heterocycles. The molecule has 0 bridgehead atoms. The summed E-state index contributed by atoms with van der Waals surface area (Å²) in [6.45, 7) is 11.6. The van der Waals surface area contributed by atoms with Crippen molar-refractivity contribution in [3.8, 4) is 11.8 Å². The van der Waals surface area contributed by atoms with Gasteiger partial charge in [0.25, 0.3) is 5.91 Å². The number of carbonyl (C=O) groups is 1. The van der Waals surface area contributed by atoms with Crippen LogP contribution in [0.1, 0.15) is 6.92 Å². The Kier molecular flexibility index (Phi) is 5.64. The minimum atomic E-state index is -0.00844. The summed E-state index contributed by atoms with van der Waals surface area (Å²) < 4.78 is 0. The van der Waals surface area contributed by atoms with Crippen LogP contribution in [0, 0.1) is 11.8 Å². The first-order valence-corrected chi connectivity index (χ1v) is 7.23. The largest absolute Gasteiger partial charge is 0.329 e. The molecule has 0 aromatic carbocycles. The highest BCUT2D eigenvalue weighted by molar-refractivity contribution is 5.93. The highest BCUT2D eigenvalue weighted by Crippen LogP contribution is 2.01. The minimum Gasteiger partial charge on any atom is -0.329 e. The maximum Gasteiger partial charge on any atom is 0.298 e. The number of hydrogen-bond acceptors (Lipinski definition) is 4. The average Bonchev–Trinajstić information content (AvgIpc) is 2.48. The van der Waals surface area contributed by atoms with Gasteiger partial charge in [0.2, 0.25) is 0 Å². The summed E-state index contributed by atoms with van der Waals surface area (Å²) in [6.07, 6.45) is 0. The summed E-state index contributed by atoms with van der Waals surface area (Å²) in [7, 11) is 0. The summed E-state index contributed by atoms with van der Waals surface area (Å²) in [5.74, 6) is 5.80. The standard InChI is InChI=1S/C14H24N4O/c1-2-16-10-12-18(13-11-16)14(19)4-3-7-17-8-5-15-6-9-17/h15H,2,5-13H2,1H3. The SMILES string of the molecule is CCN1CCN(C(=O)C#CCN2CCNCC2)CC1. The Hall–Kier alpha value is -1.09. The molecule has 2 fully saturated rings. The Labute approximate surface area is 115 Å². The van der Waals surface area contributed by atoms with Gasteiger partial charge in [0.15, 0.2) is 0 Å². The number of piperazine rings is 2. The zero-order valence-corrected chi connectivity index (χ0v) is 11.8. The van der Waals surface area contributed by atoms with Crippen molar-refractivity contribution in [2.75, 3.05) is 65.4 Å². The number of carbonyl (C=O) groups excluding carboxylic acids is 1. The number of rotatable bonds is 2. The summed E-state index contributed by atoms with van der Waals surface area (Å²) in [4.78, 5) is 18.5. The topological polar surface area (TPSA) is 38.8 Å².